The molecule has 1 heterocycles. The van der Waals surface area contributed by atoms with Crippen molar-refractivity contribution in [3.63, 3.8) is 0 Å². The summed E-state index contributed by atoms with van der Waals surface area (Å²) in [6.07, 6.45) is 18.4. The van der Waals surface area contributed by atoms with Gasteiger partial charge >= 0.3 is 0 Å². The van der Waals surface area contributed by atoms with E-state index in [-0.39, 0.29) is 41.3 Å². The number of likely N-dealkylation sites (tertiary alicyclic amines) is 1. The molecule has 55 heavy (non-hydrogen) atoms. The van der Waals surface area contributed by atoms with Gasteiger partial charge in [0.25, 0.3) is 0 Å². The van der Waals surface area contributed by atoms with Crippen LogP contribution >= 0.6 is 0 Å². The lowest BCUT2D eigenvalue weighted by Gasteiger charge is -2.37. The highest BCUT2D eigenvalue weighted by molar-refractivity contribution is 5.95. The van der Waals surface area contributed by atoms with Crippen molar-refractivity contribution in [1.82, 2.24) is 26.2 Å². The number of hydrogen-bond donors (Lipinski definition) is 5. The van der Waals surface area contributed by atoms with Crippen molar-refractivity contribution in [1.29, 1.82) is 0 Å². The number of unbranched alkanes of at least 4 members (excludes halogenated alkanes) is 3. The summed E-state index contributed by atoms with van der Waals surface area (Å²) >= 11 is 0. The summed E-state index contributed by atoms with van der Waals surface area (Å²) in [7, 11) is 0. The average Bonchev–Trinajstić information content (AvgIpc) is 3.82. The van der Waals surface area contributed by atoms with Gasteiger partial charge in [-0.2, -0.15) is 0 Å². The van der Waals surface area contributed by atoms with Gasteiger partial charge in [0.15, 0.2) is 0 Å². The molecule has 3 amide bonds. The van der Waals surface area contributed by atoms with Gasteiger partial charge in [0.1, 0.15) is 6.04 Å². The second-order valence-corrected chi connectivity index (χ2v) is 17.3. The van der Waals surface area contributed by atoms with Gasteiger partial charge in [0, 0.05) is 56.1 Å². The number of carbonyl (C=O) groups excluding carboxylic acids is 3. The van der Waals surface area contributed by atoms with E-state index >= 15 is 0 Å². The van der Waals surface area contributed by atoms with Crippen molar-refractivity contribution in [3.05, 3.63) is 49.4 Å². The van der Waals surface area contributed by atoms with E-state index in [1.54, 1.807) is 13.0 Å². The normalized spacial score (nSPS) is 20.5. The molecule has 9 heteroatoms. The highest BCUT2D eigenvalue weighted by atomic mass is 16.2. The van der Waals surface area contributed by atoms with Gasteiger partial charge < -0.3 is 31.9 Å². The zero-order valence-electron chi connectivity index (χ0n) is 36.6. The number of piperidine rings is 1. The molecule has 0 aromatic heterocycles. The van der Waals surface area contributed by atoms with Crippen LogP contribution in [-0.4, -0.2) is 66.9 Å². The number of fused-ring (bicyclic) bond motifs is 1. The molecular weight excluding hydrogens is 685 g/mol. The van der Waals surface area contributed by atoms with Crippen LogP contribution in [0.25, 0.3) is 0 Å². The van der Waals surface area contributed by atoms with E-state index in [0.29, 0.717) is 42.2 Å². The lowest BCUT2D eigenvalue weighted by molar-refractivity contribution is -0.126. The quantitative estimate of drug-likeness (QED) is 0.0427. The van der Waals surface area contributed by atoms with Crippen LogP contribution in [0.4, 0.5) is 0 Å². The second-order valence-electron chi connectivity index (χ2n) is 17.3. The van der Waals surface area contributed by atoms with Crippen molar-refractivity contribution < 1.29 is 14.4 Å². The predicted molar refractivity (Wildman–Crippen MR) is 233 cm³/mol. The molecule has 2 aliphatic carbocycles. The third-order valence-corrected chi connectivity index (χ3v) is 11.6. The molecule has 316 valence electrons. The lowest BCUT2D eigenvalue weighted by atomic mass is 9.78. The fourth-order valence-corrected chi connectivity index (χ4v) is 7.48. The van der Waals surface area contributed by atoms with Gasteiger partial charge in [-0.15, -0.1) is 6.58 Å². The SMILES string of the molecule is C=C(CCC(CNC(C)=O)C(C)(C)C)NCCCC.C=CCNC(=O)C(=C)C(CCCC)NC(=O)C1[C@H]2C[C@H]2CN1C(=C)C(N)C1CCCCC1.CCCC. The van der Waals surface area contributed by atoms with E-state index in [1.165, 1.54) is 44.9 Å². The van der Waals surface area contributed by atoms with E-state index in [0.717, 1.165) is 76.0 Å². The van der Waals surface area contributed by atoms with E-state index in [1.807, 2.05) is 0 Å². The molecule has 0 aromatic carbocycles. The second kappa shape index (κ2) is 26.7. The monoisotopic (exact) mass is 769 g/mol. The average molecular weight is 769 g/mol. The van der Waals surface area contributed by atoms with Gasteiger partial charge in [-0.05, 0) is 74.0 Å². The smallest absolute Gasteiger partial charge is 0.248 e. The third-order valence-electron chi connectivity index (χ3n) is 11.6. The molecule has 6 atom stereocenters. The predicted octanol–water partition coefficient (Wildman–Crippen LogP) is 8.54. The standard InChI is InChI=1S/C26H42N4O2.C16H32N2O.C4H10/c1-5-7-13-22(17(3)25(31)28-14-6-2)29-26(32)24-21-15-20(21)16-30(24)18(4)23(27)19-11-9-8-10-12-19;1-7-8-11-17-13(2)9-10-15(16(4,5)6)12-18-14(3)19;1-3-4-2/h6,19-24H,2-5,7-16,27H2,1H3,(H,28,31)(H,29,32);15,17H,2,7-12H2,1,3-6H3,(H,18,19);3-4H2,1-2H3/t20-,21-,22?,23?,24?;;/m0../s1. The Labute approximate surface area is 337 Å². The molecule has 0 spiro atoms. The first-order valence-corrected chi connectivity index (χ1v) is 21.8. The number of nitrogens with one attached hydrogen (secondary N) is 4. The molecule has 0 bridgehead atoms. The maximum atomic E-state index is 13.5. The van der Waals surface area contributed by atoms with Crippen LogP contribution < -0.4 is 27.0 Å². The molecule has 3 fully saturated rings. The molecule has 0 aromatic rings. The number of amides is 3. The lowest BCUT2D eigenvalue weighted by Crippen LogP contribution is -2.52. The van der Waals surface area contributed by atoms with Crippen molar-refractivity contribution in [2.24, 2.45) is 34.8 Å². The Hall–Kier alpha value is -3.07. The topological polar surface area (TPSA) is 129 Å². The zero-order chi connectivity index (χ0) is 41.6. The van der Waals surface area contributed by atoms with Crippen LogP contribution in [0.2, 0.25) is 0 Å². The number of nitrogens with zero attached hydrogens (tertiary/aromatic N) is 1. The summed E-state index contributed by atoms with van der Waals surface area (Å²) in [5.74, 6) is 1.64. The third kappa shape index (κ3) is 18.6. The minimum absolute atomic E-state index is 0.0224. The maximum Gasteiger partial charge on any atom is 0.248 e. The zero-order valence-corrected chi connectivity index (χ0v) is 36.6. The Morgan fingerprint density at radius 3 is 2.07 bits per heavy atom. The summed E-state index contributed by atoms with van der Waals surface area (Å²) in [5, 5.41) is 12.3. The maximum absolute atomic E-state index is 13.5. The first-order chi connectivity index (χ1) is 26.1. The van der Waals surface area contributed by atoms with Gasteiger partial charge in [-0.3, -0.25) is 14.4 Å². The summed E-state index contributed by atoms with van der Waals surface area (Å²) < 4.78 is 0. The molecule has 6 N–H and O–H groups in total. The van der Waals surface area contributed by atoms with Crippen LogP contribution in [0.5, 0.6) is 0 Å². The largest absolute Gasteiger partial charge is 0.389 e. The number of rotatable bonds is 22. The van der Waals surface area contributed by atoms with E-state index in [4.69, 9.17) is 5.73 Å². The Morgan fingerprint density at radius 2 is 1.53 bits per heavy atom. The first-order valence-electron chi connectivity index (χ1n) is 21.8. The minimum atomic E-state index is -0.368. The molecule has 2 saturated carbocycles. The molecule has 3 aliphatic rings. The fraction of sp³-hybridized carbons (Fsp3) is 0.761. The van der Waals surface area contributed by atoms with Gasteiger partial charge in [0.05, 0.1) is 6.04 Å². The minimum Gasteiger partial charge on any atom is -0.389 e. The van der Waals surface area contributed by atoms with Crippen molar-refractivity contribution in [2.75, 3.05) is 26.2 Å². The molecule has 0 radical (unpaired) electrons. The number of nitrogens with two attached hydrogens (primary N) is 1. The molecular formula is C46H84N6O3. The van der Waals surface area contributed by atoms with Crippen molar-refractivity contribution >= 4 is 17.7 Å². The highest BCUT2D eigenvalue weighted by Crippen LogP contribution is 2.51. The highest BCUT2D eigenvalue weighted by Gasteiger charge is 2.56. The van der Waals surface area contributed by atoms with Gasteiger partial charge in [0.2, 0.25) is 17.7 Å². The van der Waals surface area contributed by atoms with E-state index in [2.05, 4.69) is 101 Å². The Balaban J connectivity index is 0.000000560. The van der Waals surface area contributed by atoms with E-state index < -0.39 is 0 Å². The van der Waals surface area contributed by atoms with Crippen LogP contribution in [0, 0.1) is 29.1 Å². The first kappa shape index (κ1) is 49.9. The van der Waals surface area contributed by atoms with Crippen molar-refractivity contribution in [3.8, 4) is 0 Å². The Bertz CT molecular complexity index is 1200. The summed E-state index contributed by atoms with van der Waals surface area (Å²) in [6, 6.07) is -0.693. The Morgan fingerprint density at radius 1 is 0.891 bits per heavy atom. The van der Waals surface area contributed by atoms with Crippen LogP contribution in [0.3, 0.4) is 0 Å². The fourth-order valence-electron chi connectivity index (χ4n) is 7.48. The summed E-state index contributed by atoms with van der Waals surface area (Å²) in [5.41, 5.74) is 9.28. The molecule has 1 aliphatic heterocycles. The number of carbonyl (C=O) groups is 3. The number of allylic oxidation sites excluding steroid dienone is 1. The summed E-state index contributed by atoms with van der Waals surface area (Å²) in [4.78, 5) is 39.2. The van der Waals surface area contributed by atoms with Crippen LogP contribution in [0.1, 0.15) is 152 Å². The summed E-state index contributed by atoms with van der Waals surface area (Å²) in [6.45, 7) is 36.0. The van der Waals surface area contributed by atoms with Crippen LogP contribution in [0.15, 0.2) is 49.4 Å². The molecule has 1 saturated heterocycles. The van der Waals surface area contributed by atoms with Crippen molar-refractivity contribution in [2.45, 2.75) is 170 Å². The molecule has 3 rings (SSSR count). The molecule has 9 nitrogen and oxygen atoms in total. The van der Waals surface area contributed by atoms with Crippen LogP contribution in [-0.2, 0) is 14.4 Å². The Kier molecular flexibility index (Phi) is 24.3. The van der Waals surface area contributed by atoms with E-state index in [9.17, 15) is 14.4 Å². The number of hydrogen-bond acceptors (Lipinski definition) is 6. The van der Waals surface area contributed by atoms with Gasteiger partial charge in [-0.25, -0.2) is 0 Å². The molecule has 4 unspecified atom stereocenters. The van der Waals surface area contributed by atoms with Gasteiger partial charge in [-0.1, -0.05) is 126 Å².